The maximum absolute atomic E-state index is 8.47. The molecule has 0 fully saturated rings. The van der Waals surface area contributed by atoms with Crippen molar-refractivity contribution in [3.63, 3.8) is 0 Å². The smallest absolute Gasteiger partial charge is 0.0434 e. The van der Waals surface area contributed by atoms with Gasteiger partial charge in [0.2, 0.25) is 0 Å². The molecule has 0 spiro atoms. The Labute approximate surface area is 57.4 Å². The molecule has 1 heteroatoms. The molecule has 0 aromatic carbocycles. The van der Waals surface area contributed by atoms with E-state index < -0.39 is 0 Å². The summed E-state index contributed by atoms with van der Waals surface area (Å²) < 4.78 is 0. The zero-order chi connectivity index (χ0) is 7.28. The van der Waals surface area contributed by atoms with Gasteiger partial charge >= 0.3 is 0 Å². The molecule has 1 nitrogen and oxygen atoms in total. The molecular weight excluding hydrogens is 112 g/mol. The Hall–Kier alpha value is -0.300. The quantitative estimate of drug-likeness (QED) is 0.577. The van der Waals surface area contributed by atoms with E-state index in [1.807, 2.05) is 0 Å². The number of aliphatic hydroxyl groups is 1. The van der Waals surface area contributed by atoms with Crippen LogP contribution in [0.3, 0.4) is 0 Å². The lowest BCUT2D eigenvalue weighted by Crippen LogP contribution is -1.85. The Kier molecular flexibility index (Phi) is 4.41. The number of rotatable bonds is 3. The zero-order valence-electron chi connectivity index (χ0n) is 6.57. The van der Waals surface area contributed by atoms with Gasteiger partial charge in [0.1, 0.15) is 0 Å². The fourth-order valence-corrected chi connectivity index (χ4v) is 0.594. The monoisotopic (exact) mass is 128 g/mol. The lowest BCUT2D eigenvalue weighted by atomic mass is 10.1. The van der Waals surface area contributed by atoms with Gasteiger partial charge in [-0.3, -0.25) is 0 Å². The molecule has 9 heavy (non-hydrogen) atoms. The normalized spacial score (nSPS) is 9.33. The van der Waals surface area contributed by atoms with E-state index in [1.54, 1.807) is 0 Å². The largest absolute Gasteiger partial charge is 0.396 e. The summed E-state index contributed by atoms with van der Waals surface area (Å²) in [5.41, 5.74) is 2.78. The van der Waals surface area contributed by atoms with Crippen molar-refractivity contribution < 1.29 is 5.11 Å². The van der Waals surface area contributed by atoms with Gasteiger partial charge in [0.05, 0.1) is 0 Å². The highest BCUT2D eigenvalue weighted by Crippen LogP contribution is 2.08. The van der Waals surface area contributed by atoms with Crippen molar-refractivity contribution in [3.05, 3.63) is 11.1 Å². The molecule has 0 aliphatic rings. The summed E-state index contributed by atoms with van der Waals surface area (Å²) in [7, 11) is 0. The Balaban J connectivity index is 3.50. The number of allylic oxidation sites excluding steroid dienone is 2. The molecular formula is C8H16O. The van der Waals surface area contributed by atoms with Crippen LogP contribution < -0.4 is 0 Å². The maximum atomic E-state index is 8.47. The lowest BCUT2D eigenvalue weighted by molar-refractivity contribution is 0.288. The van der Waals surface area contributed by atoms with Gasteiger partial charge in [-0.1, -0.05) is 11.1 Å². The first-order chi connectivity index (χ1) is 4.18. The summed E-state index contributed by atoms with van der Waals surface area (Å²) in [5.74, 6) is 0. The van der Waals surface area contributed by atoms with Gasteiger partial charge < -0.3 is 5.11 Å². The molecule has 0 saturated heterocycles. The molecule has 0 aliphatic carbocycles. The van der Waals surface area contributed by atoms with Gasteiger partial charge in [0.25, 0.3) is 0 Å². The van der Waals surface area contributed by atoms with Gasteiger partial charge in [-0.2, -0.15) is 0 Å². The minimum Gasteiger partial charge on any atom is -0.396 e. The molecule has 0 aromatic heterocycles. The molecule has 0 bridgehead atoms. The van der Waals surface area contributed by atoms with Crippen molar-refractivity contribution in [2.24, 2.45) is 0 Å². The molecule has 0 heterocycles. The van der Waals surface area contributed by atoms with Crippen LogP contribution in [0.2, 0.25) is 0 Å². The van der Waals surface area contributed by atoms with Gasteiger partial charge in [-0.05, 0) is 33.6 Å². The molecule has 0 aromatic rings. The van der Waals surface area contributed by atoms with Crippen LogP contribution in [-0.2, 0) is 0 Å². The second-order valence-corrected chi connectivity index (χ2v) is 2.61. The van der Waals surface area contributed by atoms with Crippen LogP contribution in [0.15, 0.2) is 11.1 Å². The summed E-state index contributed by atoms with van der Waals surface area (Å²) in [6.07, 6.45) is 1.94. The first-order valence-electron chi connectivity index (χ1n) is 3.42. The van der Waals surface area contributed by atoms with E-state index in [1.165, 1.54) is 11.1 Å². The SMILES string of the molecule is CC(C)=C(C)CCCO. The second-order valence-electron chi connectivity index (χ2n) is 2.61. The first-order valence-corrected chi connectivity index (χ1v) is 3.42. The molecule has 0 unspecified atom stereocenters. The predicted molar refractivity (Wildman–Crippen MR) is 40.4 cm³/mol. The van der Waals surface area contributed by atoms with Gasteiger partial charge in [-0.25, -0.2) is 0 Å². The number of hydrogen-bond donors (Lipinski definition) is 1. The summed E-state index contributed by atoms with van der Waals surface area (Å²) in [4.78, 5) is 0. The summed E-state index contributed by atoms with van der Waals surface area (Å²) in [6.45, 7) is 6.63. The second kappa shape index (κ2) is 4.57. The standard InChI is InChI=1S/C8H16O/c1-7(2)8(3)5-4-6-9/h9H,4-6H2,1-3H3. The van der Waals surface area contributed by atoms with E-state index in [9.17, 15) is 0 Å². The van der Waals surface area contributed by atoms with Crippen LogP contribution in [0.1, 0.15) is 33.6 Å². The summed E-state index contributed by atoms with van der Waals surface area (Å²) in [6, 6.07) is 0. The van der Waals surface area contributed by atoms with Crippen molar-refractivity contribution in [1.29, 1.82) is 0 Å². The van der Waals surface area contributed by atoms with Crippen LogP contribution in [0.5, 0.6) is 0 Å². The molecule has 0 rings (SSSR count). The highest BCUT2D eigenvalue weighted by atomic mass is 16.2. The van der Waals surface area contributed by atoms with Crippen LogP contribution in [0.4, 0.5) is 0 Å². The molecule has 1 N–H and O–H groups in total. The average molecular weight is 128 g/mol. The van der Waals surface area contributed by atoms with Crippen molar-refractivity contribution in [2.45, 2.75) is 33.6 Å². The van der Waals surface area contributed by atoms with Crippen LogP contribution >= 0.6 is 0 Å². The molecule has 0 saturated carbocycles. The predicted octanol–water partition coefficient (Wildman–Crippen LogP) is 2.12. The number of hydrogen-bond acceptors (Lipinski definition) is 1. The Morgan fingerprint density at radius 3 is 2.11 bits per heavy atom. The third kappa shape index (κ3) is 4.22. The van der Waals surface area contributed by atoms with E-state index in [2.05, 4.69) is 20.8 Å². The van der Waals surface area contributed by atoms with E-state index in [4.69, 9.17) is 5.11 Å². The van der Waals surface area contributed by atoms with E-state index in [0.29, 0.717) is 6.61 Å². The molecule has 0 atom stereocenters. The number of aliphatic hydroxyl groups excluding tert-OH is 1. The van der Waals surface area contributed by atoms with Crippen molar-refractivity contribution in [3.8, 4) is 0 Å². The van der Waals surface area contributed by atoms with Crippen LogP contribution in [-0.4, -0.2) is 11.7 Å². The van der Waals surface area contributed by atoms with Gasteiger partial charge in [0.15, 0.2) is 0 Å². The molecule has 54 valence electrons. The van der Waals surface area contributed by atoms with Crippen molar-refractivity contribution >= 4 is 0 Å². The van der Waals surface area contributed by atoms with E-state index >= 15 is 0 Å². The van der Waals surface area contributed by atoms with Crippen LogP contribution in [0, 0.1) is 0 Å². The first kappa shape index (κ1) is 8.70. The van der Waals surface area contributed by atoms with Crippen molar-refractivity contribution in [2.75, 3.05) is 6.61 Å². The van der Waals surface area contributed by atoms with Gasteiger partial charge in [0, 0.05) is 6.61 Å². The third-order valence-electron chi connectivity index (χ3n) is 1.56. The lowest BCUT2D eigenvalue weighted by Gasteiger charge is -2.00. The Morgan fingerprint density at radius 1 is 1.22 bits per heavy atom. The molecule has 0 aliphatic heterocycles. The summed E-state index contributed by atoms with van der Waals surface area (Å²) in [5, 5.41) is 8.47. The van der Waals surface area contributed by atoms with Gasteiger partial charge in [-0.15, -0.1) is 0 Å². The minimum absolute atomic E-state index is 0.310. The topological polar surface area (TPSA) is 20.2 Å². The molecule has 0 radical (unpaired) electrons. The molecule has 0 amide bonds. The summed E-state index contributed by atoms with van der Waals surface area (Å²) >= 11 is 0. The maximum Gasteiger partial charge on any atom is 0.0434 e. The van der Waals surface area contributed by atoms with Crippen LogP contribution in [0.25, 0.3) is 0 Å². The minimum atomic E-state index is 0.310. The van der Waals surface area contributed by atoms with E-state index in [0.717, 1.165) is 12.8 Å². The van der Waals surface area contributed by atoms with Crippen molar-refractivity contribution in [1.82, 2.24) is 0 Å². The van der Waals surface area contributed by atoms with E-state index in [-0.39, 0.29) is 0 Å². The Morgan fingerprint density at radius 2 is 1.78 bits per heavy atom. The average Bonchev–Trinajstić information content (AvgIpc) is 1.82. The third-order valence-corrected chi connectivity index (χ3v) is 1.56. The highest BCUT2D eigenvalue weighted by Gasteiger charge is 1.90. The highest BCUT2D eigenvalue weighted by molar-refractivity contribution is 5.06. The fourth-order valence-electron chi connectivity index (χ4n) is 0.594. The fraction of sp³-hybridized carbons (Fsp3) is 0.750. The zero-order valence-corrected chi connectivity index (χ0v) is 6.57. The Bertz CT molecular complexity index is 99.1.